The first kappa shape index (κ1) is 24.1. The Morgan fingerprint density at radius 2 is 1.63 bits per heavy atom. The number of benzene rings is 2. The van der Waals surface area contributed by atoms with Crippen molar-refractivity contribution in [3.05, 3.63) is 60.1 Å². The van der Waals surface area contributed by atoms with Gasteiger partial charge in [-0.3, -0.25) is 14.9 Å². The quantitative estimate of drug-likeness (QED) is 0.295. The minimum atomic E-state index is -0.381. The smallest absolute Gasteiger partial charge is 0.293 e. The zero-order valence-corrected chi connectivity index (χ0v) is 20.4. The summed E-state index contributed by atoms with van der Waals surface area (Å²) in [4.78, 5) is 29.7. The van der Waals surface area contributed by atoms with Crippen molar-refractivity contribution in [3.8, 4) is 17.2 Å². The fraction of sp³-hybridized carbons (Fsp3) is 0.240. The van der Waals surface area contributed by atoms with E-state index in [1.807, 2.05) is 20.8 Å². The second-order valence-corrected chi connectivity index (χ2v) is 8.22. The number of furan rings is 1. The SMILES string of the molecule is CCOc1cc(C(=O)Nc2ccc3nc(NC(=O)c4ccco4)sc3c2)cc(OCC)c1OCC. The van der Waals surface area contributed by atoms with Crippen LogP contribution in [0.1, 0.15) is 41.7 Å². The number of carbonyl (C=O) groups excluding carboxylic acids is 2. The van der Waals surface area contributed by atoms with Gasteiger partial charge in [0.1, 0.15) is 0 Å². The van der Waals surface area contributed by atoms with Crippen molar-refractivity contribution in [2.24, 2.45) is 0 Å². The van der Waals surface area contributed by atoms with Crippen molar-refractivity contribution in [1.82, 2.24) is 4.98 Å². The Balaban J connectivity index is 1.55. The molecule has 0 atom stereocenters. The van der Waals surface area contributed by atoms with Crippen LogP contribution in [0.5, 0.6) is 17.2 Å². The summed E-state index contributed by atoms with van der Waals surface area (Å²) in [5.74, 6) is 0.854. The molecule has 2 aromatic carbocycles. The number of hydrogen-bond acceptors (Lipinski definition) is 8. The molecule has 4 aromatic rings. The number of thiazole rings is 1. The van der Waals surface area contributed by atoms with E-state index in [0.717, 1.165) is 4.70 Å². The fourth-order valence-corrected chi connectivity index (χ4v) is 4.25. The molecule has 35 heavy (non-hydrogen) atoms. The maximum atomic E-state index is 13.1. The lowest BCUT2D eigenvalue weighted by molar-refractivity contribution is 0.0994. The van der Waals surface area contributed by atoms with Gasteiger partial charge in [-0.15, -0.1) is 0 Å². The van der Waals surface area contributed by atoms with Crippen molar-refractivity contribution >= 4 is 44.2 Å². The van der Waals surface area contributed by atoms with Crippen molar-refractivity contribution < 1.29 is 28.2 Å². The summed E-state index contributed by atoms with van der Waals surface area (Å²) in [6.07, 6.45) is 1.43. The molecule has 2 aromatic heterocycles. The van der Waals surface area contributed by atoms with E-state index in [1.54, 1.807) is 42.5 Å². The van der Waals surface area contributed by atoms with E-state index >= 15 is 0 Å². The van der Waals surface area contributed by atoms with Crippen molar-refractivity contribution in [2.45, 2.75) is 20.8 Å². The summed E-state index contributed by atoms with van der Waals surface area (Å²) in [5.41, 5.74) is 1.65. The summed E-state index contributed by atoms with van der Waals surface area (Å²) in [6.45, 7) is 6.85. The monoisotopic (exact) mass is 495 g/mol. The molecule has 9 nitrogen and oxygen atoms in total. The van der Waals surface area contributed by atoms with E-state index in [0.29, 0.717) is 59.0 Å². The first-order chi connectivity index (χ1) is 17.0. The molecule has 10 heteroatoms. The van der Waals surface area contributed by atoms with Gasteiger partial charge in [-0.1, -0.05) is 11.3 Å². The van der Waals surface area contributed by atoms with E-state index < -0.39 is 0 Å². The molecular weight excluding hydrogens is 470 g/mol. The van der Waals surface area contributed by atoms with Gasteiger partial charge in [-0.25, -0.2) is 4.98 Å². The zero-order chi connectivity index (χ0) is 24.8. The van der Waals surface area contributed by atoms with Crippen LogP contribution in [0.25, 0.3) is 10.2 Å². The minimum absolute atomic E-state index is 0.199. The molecule has 0 aliphatic heterocycles. The highest BCUT2D eigenvalue weighted by atomic mass is 32.1. The summed E-state index contributed by atoms with van der Waals surface area (Å²) in [5, 5.41) is 6.05. The van der Waals surface area contributed by atoms with E-state index in [1.165, 1.54) is 17.6 Å². The number of nitrogens with one attached hydrogen (secondary N) is 2. The molecule has 0 fully saturated rings. The molecule has 0 spiro atoms. The van der Waals surface area contributed by atoms with Crippen LogP contribution in [0, 0.1) is 0 Å². The summed E-state index contributed by atoms with van der Waals surface area (Å²) >= 11 is 1.29. The average molecular weight is 496 g/mol. The predicted molar refractivity (Wildman–Crippen MR) is 134 cm³/mol. The molecule has 0 radical (unpaired) electrons. The number of nitrogens with zero attached hydrogens (tertiary/aromatic N) is 1. The van der Waals surface area contributed by atoms with Crippen LogP contribution in [0.15, 0.2) is 53.1 Å². The highest BCUT2D eigenvalue weighted by Crippen LogP contribution is 2.39. The number of aromatic nitrogens is 1. The molecule has 0 aliphatic carbocycles. The first-order valence-electron chi connectivity index (χ1n) is 11.2. The molecular formula is C25H25N3O6S. The molecule has 4 rings (SSSR count). The van der Waals surface area contributed by atoms with Crippen molar-refractivity contribution in [3.63, 3.8) is 0 Å². The largest absolute Gasteiger partial charge is 0.490 e. The maximum Gasteiger partial charge on any atom is 0.293 e. The second-order valence-electron chi connectivity index (χ2n) is 7.19. The number of hydrogen-bond donors (Lipinski definition) is 2. The van der Waals surface area contributed by atoms with Crippen LogP contribution in [0.3, 0.4) is 0 Å². The van der Waals surface area contributed by atoms with Crippen LogP contribution in [0.4, 0.5) is 10.8 Å². The van der Waals surface area contributed by atoms with Crippen LogP contribution < -0.4 is 24.8 Å². The highest BCUT2D eigenvalue weighted by molar-refractivity contribution is 7.22. The van der Waals surface area contributed by atoms with Gasteiger partial charge in [0.05, 0.1) is 36.3 Å². The standard InChI is InChI=1S/C25H25N3O6S/c1-4-31-19-12-15(13-20(32-5-2)22(19)33-6-3)23(29)26-16-9-10-17-21(14-16)35-25(27-17)28-24(30)18-8-7-11-34-18/h7-14H,4-6H2,1-3H3,(H,26,29)(H,27,28,30). The van der Waals surface area contributed by atoms with E-state index in [9.17, 15) is 9.59 Å². The van der Waals surface area contributed by atoms with E-state index in [-0.39, 0.29) is 17.6 Å². The molecule has 0 aliphatic rings. The molecule has 2 amide bonds. The maximum absolute atomic E-state index is 13.1. The molecule has 0 saturated carbocycles. The van der Waals surface area contributed by atoms with Crippen LogP contribution in [-0.4, -0.2) is 36.6 Å². The van der Waals surface area contributed by atoms with Crippen LogP contribution >= 0.6 is 11.3 Å². The van der Waals surface area contributed by atoms with Gasteiger partial charge in [0.15, 0.2) is 22.4 Å². The van der Waals surface area contributed by atoms with Gasteiger partial charge >= 0.3 is 0 Å². The Kier molecular flexibility index (Phi) is 7.51. The molecule has 0 unspecified atom stereocenters. The lowest BCUT2D eigenvalue weighted by Gasteiger charge is -2.17. The van der Waals surface area contributed by atoms with Gasteiger partial charge < -0.3 is 23.9 Å². The first-order valence-corrected chi connectivity index (χ1v) is 12.0. The summed E-state index contributed by atoms with van der Waals surface area (Å²) in [7, 11) is 0. The van der Waals surface area contributed by atoms with E-state index in [2.05, 4.69) is 15.6 Å². The van der Waals surface area contributed by atoms with Gasteiger partial charge in [-0.05, 0) is 63.2 Å². The molecule has 182 valence electrons. The molecule has 2 heterocycles. The lowest BCUT2D eigenvalue weighted by Crippen LogP contribution is -2.13. The number of carbonyl (C=O) groups is 2. The van der Waals surface area contributed by atoms with Gasteiger partial charge in [0.2, 0.25) is 5.75 Å². The van der Waals surface area contributed by atoms with Crippen LogP contribution in [-0.2, 0) is 0 Å². The normalized spacial score (nSPS) is 10.7. The Morgan fingerprint density at radius 1 is 0.914 bits per heavy atom. The minimum Gasteiger partial charge on any atom is -0.490 e. The fourth-order valence-electron chi connectivity index (χ4n) is 3.35. The van der Waals surface area contributed by atoms with Gasteiger partial charge in [-0.2, -0.15) is 0 Å². The Bertz CT molecular complexity index is 1310. The molecule has 0 saturated heterocycles. The Hall–Kier alpha value is -4.05. The number of fused-ring (bicyclic) bond motifs is 1. The Morgan fingerprint density at radius 3 is 2.26 bits per heavy atom. The third kappa shape index (κ3) is 5.55. The number of amides is 2. The van der Waals surface area contributed by atoms with Crippen LogP contribution in [0.2, 0.25) is 0 Å². The van der Waals surface area contributed by atoms with E-state index in [4.69, 9.17) is 18.6 Å². The Labute approximate surface area is 206 Å². The molecule has 0 bridgehead atoms. The number of rotatable bonds is 10. The highest BCUT2D eigenvalue weighted by Gasteiger charge is 2.19. The van der Waals surface area contributed by atoms with Gasteiger partial charge in [0.25, 0.3) is 11.8 Å². The predicted octanol–water partition coefficient (Wildman–Crippen LogP) is 5.59. The summed E-state index contributed by atoms with van der Waals surface area (Å²) in [6, 6.07) is 11.8. The zero-order valence-electron chi connectivity index (χ0n) is 19.5. The number of anilines is 2. The summed E-state index contributed by atoms with van der Waals surface area (Å²) < 4.78 is 23.0. The topological polar surface area (TPSA) is 112 Å². The van der Waals surface area contributed by atoms with Crippen molar-refractivity contribution in [2.75, 3.05) is 30.5 Å². The third-order valence-electron chi connectivity index (χ3n) is 4.78. The van der Waals surface area contributed by atoms with Gasteiger partial charge in [0, 0.05) is 11.3 Å². The number of ether oxygens (including phenoxy) is 3. The average Bonchev–Trinajstić information content (AvgIpc) is 3.51. The molecule has 2 N–H and O–H groups in total. The van der Waals surface area contributed by atoms with Crippen molar-refractivity contribution in [1.29, 1.82) is 0 Å². The third-order valence-corrected chi connectivity index (χ3v) is 5.72. The second kappa shape index (κ2) is 10.9. The lowest BCUT2D eigenvalue weighted by atomic mass is 10.1.